The van der Waals surface area contributed by atoms with E-state index in [1.165, 1.54) is 18.2 Å². The molecule has 2 heterocycles. The van der Waals surface area contributed by atoms with E-state index in [1.807, 2.05) is 48.5 Å². The summed E-state index contributed by atoms with van der Waals surface area (Å²) in [4.78, 5) is 52.2. The lowest BCUT2D eigenvalue weighted by Crippen LogP contribution is -2.43. The number of alkyl carbamates (subject to hydrolysis) is 1. The van der Waals surface area contributed by atoms with Crippen molar-refractivity contribution in [3.05, 3.63) is 124 Å². The first-order chi connectivity index (χ1) is 23.8. The Morgan fingerprint density at radius 1 is 0.796 bits per heavy atom. The van der Waals surface area contributed by atoms with Gasteiger partial charge in [0.25, 0.3) is 0 Å². The molecule has 1 aliphatic heterocycles. The Kier molecular flexibility index (Phi) is 10.2. The van der Waals surface area contributed by atoms with Crippen LogP contribution in [0.5, 0.6) is 17.2 Å². The van der Waals surface area contributed by atoms with Crippen molar-refractivity contribution in [2.75, 3.05) is 13.2 Å². The number of amides is 1. The zero-order chi connectivity index (χ0) is 34.2. The van der Waals surface area contributed by atoms with Crippen LogP contribution in [0.1, 0.15) is 29.7 Å². The van der Waals surface area contributed by atoms with Gasteiger partial charge in [-0.1, -0.05) is 66.7 Å². The summed E-state index contributed by atoms with van der Waals surface area (Å²) in [7, 11) is 0. The van der Waals surface area contributed by atoms with Crippen molar-refractivity contribution >= 4 is 29.0 Å². The molecule has 0 saturated carbocycles. The molecule has 6 rings (SSSR count). The van der Waals surface area contributed by atoms with Crippen molar-refractivity contribution in [3.8, 4) is 28.4 Å². The third-order valence-corrected chi connectivity index (χ3v) is 7.76. The molecule has 4 aromatic carbocycles. The molecule has 1 atom stereocenters. The fourth-order valence-corrected chi connectivity index (χ4v) is 5.30. The molecule has 11 heteroatoms. The van der Waals surface area contributed by atoms with E-state index in [2.05, 4.69) is 5.32 Å². The number of benzene rings is 4. The van der Waals surface area contributed by atoms with E-state index in [0.717, 1.165) is 11.1 Å². The second kappa shape index (κ2) is 15.2. The van der Waals surface area contributed by atoms with Gasteiger partial charge in [-0.05, 0) is 54.3 Å². The van der Waals surface area contributed by atoms with Crippen LogP contribution in [0.25, 0.3) is 22.1 Å². The normalized spacial score (nSPS) is 12.5. The van der Waals surface area contributed by atoms with Crippen LogP contribution in [-0.4, -0.2) is 37.3 Å². The van der Waals surface area contributed by atoms with Crippen molar-refractivity contribution in [3.63, 3.8) is 0 Å². The predicted octanol–water partition coefficient (Wildman–Crippen LogP) is 6.26. The van der Waals surface area contributed by atoms with E-state index in [1.54, 1.807) is 37.3 Å². The quantitative estimate of drug-likeness (QED) is 0.127. The van der Waals surface area contributed by atoms with Gasteiger partial charge in [0.1, 0.15) is 49.6 Å². The number of ether oxygens (including phenoxy) is 5. The number of nitrogens with one attached hydrogen (secondary N) is 1. The molecule has 1 aliphatic rings. The number of hydrogen-bond donors (Lipinski definition) is 1. The summed E-state index contributed by atoms with van der Waals surface area (Å²) in [5.74, 6) is 0.166. The van der Waals surface area contributed by atoms with Crippen molar-refractivity contribution < 1.29 is 42.5 Å². The Morgan fingerprint density at radius 3 is 2.18 bits per heavy atom. The zero-order valence-electron chi connectivity index (χ0n) is 26.6. The highest BCUT2D eigenvalue weighted by Crippen LogP contribution is 2.35. The predicted molar refractivity (Wildman–Crippen MR) is 178 cm³/mol. The van der Waals surface area contributed by atoms with Crippen molar-refractivity contribution in [2.45, 2.75) is 39.0 Å². The van der Waals surface area contributed by atoms with Crippen LogP contribution < -0.4 is 25.0 Å². The second-order valence-corrected chi connectivity index (χ2v) is 11.2. The number of carbonyl (C=O) groups excluding carboxylic acids is 3. The van der Waals surface area contributed by atoms with Crippen LogP contribution in [0.4, 0.5) is 4.79 Å². The topological polar surface area (TPSA) is 140 Å². The zero-order valence-corrected chi connectivity index (χ0v) is 26.6. The summed E-state index contributed by atoms with van der Waals surface area (Å²) in [5.41, 5.74) is 2.47. The van der Waals surface area contributed by atoms with Crippen molar-refractivity contribution in [1.29, 1.82) is 0 Å². The summed E-state index contributed by atoms with van der Waals surface area (Å²) in [6.45, 7) is 2.58. The largest absolute Gasteiger partial charge is 0.486 e. The molecule has 0 spiro atoms. The summed E-state index contributed by atoms with van der Waals surface area (Å²) < 4.78 is 33.5. The molecule has 49 heavy (non-hydrogen) atoms. The molecule has 0 radical (unpaired) electrons. The molecule has 1 N–H and O–H groups in total. The Bertz CT molecular complexity index is 2020. The smallest absolute Gasteiger partial charge is 0.408 e. The summed E-state index contributed by atoms with van der Waals surface area (Å²) in [6.07, 6.45) is -1.16. The molecule has 0 unspecified atom stereocenters. The molecule has 11 nitrogen and oxygen atoms in total. The first kappa shape index (κ1) is 32.8. The molecule has 0 bridgehead atoms. The minimum Gasteiger partial charge on any atom is -0.486 e. The van der Waals surface area contributed by atoms with Crippen LogP contribution in [0.2, 0.25) is 0 Å². The van der Waals surface area contributed by atoms with Crippen LogP contribution in [-0.2, 0) is 32.3 Å². The monoisotopic (exact) mass is 663 g/mol. The maximum atomic E-state index is 13.6. The summed E-state index contributed by atoms with van der Waals surface area (Å²) in [5, 5.41) is 2.78. The Labute approximate surface area is 281 Å². The number of fused-ring (bicyclic) bond motifs is 2. The summed E-state index contributed by atoms with van der Waals surface area (Å²) >= 11 is 0. The first-order valence-corrected chi connectivity index (χ1v) is 15.7. The lowest BCUT2D eigenvalue weighted by Gasteiger charge is -2.19. The van der Waals surface area contributed by atoms with Gasteiger partial charge in [0, 0.05) is 12.5 Å². The van der Waals surface area contributed by atoms with Gasteiger partial charge in [-0.15, -0.1) is 0 Å². The highest BCUT2D eigenvalue weighted by atomic mass is 16.6. The van der Waals surface area contributed by atoms with Crippen molar-refractivity contribution in [2.24, 2.45) is 0 Å². The Morgan fingerprint density at radius 2 is 1.47 bits per heavy atom. The van der Waals surface area contributed by atoms with Crippen LogP contribution in [0.3, 0.4) is 0 Å². The number of carbonyl (C=O) groups is 3. The van der Waals surface area contributed by atoms with Crippen LogP contribution in [0, 0.1) is 6.92 Å². The van der Waals surface area contributed by atoms with E-state index in [0.29, 0.717) is 41.6 Å². The molecule has 0 aliphatic carbocycles. The Hall–Kier alpha value is -6.10. The van der Waals surface area contributed by atoms with Crippen LogP contribution >= 0.6 is 0 Å². The van der Waals surface area contributed by atoms with Gasteiger partial charge in [-0.3, -0.25) is 9.59 Å². The average Bonchev–Trinajstić information content (AvgIpc) is 3.12. The maximum Gasteiger partial charge on any atom is 0.408 e. The molecule has 1 aromatic heterocycles. The van der Waals surface area contributed by atoms with Gasteiger partial charge in [0.2, 0.25) is 5.43 Å². The van der Waals surface area contributed by atoms with Gasteiger partial charge in [-0.2, -0.15) is 0 Å². The van der Waals surface area contributed by atoms with Gasteiger partial charge < -0.3 is 33.4 Å². The number of rotatable bonds is 11. The lowest BCUT2D eigenvalue weighted by molar-refractivity contribution is -0.145. The third kappa shape index (κ3) is 8.25. The van der Waals surface area contributed by atoms with Crippen molar-refractivity contribution in [1.82, 2.24) is 5.32 Å². The van der Waals surface area contributed by atoms with E-state index in [4.69, 9.17) is 28.1 Å². The van der Waals surface area contributed by atoms with Gasteiger partial charge in [-0.25, -0.2) is 9.59 Å². The molecule has 250 valence electrons. The number of esters is 2. The van der Waals surface area contributed by atoms with Crippen LogP contribution in [0.15, 0.2) is 106 Å². The van der Waals surface area contributed by atoms with Gasteiger partial charge in [0.05, 0.1) is 10.9 Å². The number of hydrogen-bond acceptors (Lipinski definition) is 10. The first-order valence-electron chi connectivity index (χ1n) is 15.7. The minimum absolute atomic E-state index is 0.0230. The Balaban J connectivity index is 1.16. The number of aryl methyl sites for hydroxylation is 1. The molecule has 1 amide bonds. The molecule has 0 fully saturated rings. The molecular formula is C38H33NO10. The molecule has 5 aromatic rings. The van der Waals surface area contributed by atoms with E-state index >= 15 is 0 Å². The SMILES string of the molecule is Cc1oc2cc(OC(=O)[C@H](CCC(=O)OCc3ccccc3)NC(=O)OCc3ccccc3)ccc2c(=O)c1-c1ccc2c(c1)OCCO2. The molecular weight excluding hydrogens is 630 g/mol. The summed E-state index contributed by atoms with van der Waals surface area (Å²) in [6, 6.07) is 26.6. The highest BCUT2D eigenvalue weighted by molar-refractivity contribution is 5.87. The molecule has 0 saturated heterocycles. The van der Waals surface area contributed by atoms with Gasteiger partial charge >= 0.3 is 18.0 Å². The van der Waals surface area contributed by atoms with E-state index in [-0.39, 0.29) is 48.2 Å². The van der Waals surface area contributed by atoms with E-state index in [9.17, 15) is 19.2 Å². The fraction of sp³-hybridized carbons (Fsp3) is 0.211. The van der Waals surface area contributed by atoms with E-state index < -0.39 is 24.1 Å². The minimum atomic E-state index is -1.26. The lowest BCUT2D eigenvalue weighted by atomic mass is 10.0. The second-order valence-electron chi connectivity index (χ2n) is 11.2. The third-order valence-electron chi connectivity index (χ3n) is 7.76. The maximum absolute atomic E-state index is 13.6. The highest BCUT2D eigenvalue weighted by Gasteiger charge is 2.26. The fourth-order valence-electron chi connectivity index (χ4n) is 5.30. The average molecular weight is 664 g/mol. The van der Waals surface area contributed by atoms with Gasteiger partial charge in [0.15, 0.2) is 11.5 Å². The standard InChI is InChI=1S/C38H33NO10/c1-24-35(27-12-16-31-33(20-27)45-19-18-44-31)36(41)29-14-13-28(21-32(29)48-24)49-37(42)30(39-38(43)47-23-26-10-6-3-7-11-26)15-17-34(40)46-22-25-8-4-2-5-9-25/h2-14,16,20-21,30H,15,17-19,22-23H2,1H3,(H,39,43)/t30-/m0/s1.